The summed E-state index contributed by atoms with van der Waals surface area (Å²) >= 11 is 0. The van der Waals surface area contributed by atoms with Crippen LogP contribution in [-0.2, 0) is 10.2 Å². The van der Waals surface area contributed by atoms with Crippen LogP contribution in [-0.4, -0.2) is 37.7 Å². The predicted octanol–water partition coefficient (Wildman–Crippen LogP) is 3.08. The van der Waals surface area contributed by atoms with E-state index in [9.17, 15) is 14.7 Å². The number of ether oxygens (including phenoxy) is 2. The van der Waals surface area contributed by atoms with Gasteiger partial charge >= 0.3 is 0 Å². The summed E-state index contributed by atoms with van der Waals surface area (Å²) in [5.41, 5.74) is 1.48. The molecule has 7 heteroatoms. The molecule has 0 atom stereocenters. The van der Waals surface area contributed by atoms with E-state index in [2.05, 4.69) is 10.6 Å². The lowest BCUT2D eigenvalue weighted by Crippen LogP contribution is -2.33. The summed E-state index contributed by atoms with van der Waals surface area (Å²) in [5.74, 6) is 0.0148. The summed E-state index contributed by atoms with van der Waals surface area (Å²) in [6, 6.07) is 9.80. The van der Waals surface area contributed by atoms with E-state index < -0.39 is 11.8 Å². The van der Waals surface area contributed by atoms with Gasteiger partial charge in [0.2, 0.25) is 5.91 Å². The standard InChI is InChI=1S/C21H26N2O5/c1-21(2,3)14-7-8-16(24)15(11-14)23-19(25)12-22-20(26)13-6-9-17(27-4)18(10-13)28-5/h6-11,24H,12H2,1-5H3,(H,22,26)(H,23,25). The van der Waals surface area contributed by atoms with Crippen LogP contribution < -0.4 is 20.1 Å². The summed E-state index contributed by atoms with van der Waals surface area (Å²) in [6.45, 7) is 5.86. The van der Waals surface area contributed by atoms with Gasteiger partial charge in [0.15, 0.2) is 11.5 Å². The van der Waals surface area contributed by atoms with E-state index in [0.717, 1.165) is 5.56 Å². The lowest BCUT2D eigenvalue weighted by molar-refractivity contribution is -0.115. The number of nitrogens with one attached hydrogen (secondary N) is 2. The second-order valence-electron chi connectivity index (χ2n) is 7.28. The van der Waals surface area contributed by atoms with Crippen LogP contribution in [0.25, 0.3) is 0 Å². The van der Waals surface area contributed by atoms with Crippen molar-refractivity contribution in [1.29, 1.82) is 0 Å². The fourth-order valence-corrected chi connectivity index (χ4v) is 2.54. The Bertz CT molecular complexity index is 872. The van der Waals surface area contributed by atoms with Gasteiger partial charge in [-0.25, -0.2) is 0 Å². The number of aromatic hydroxyl groups is 1. The van der Waals surface area contributed by atoms with Gasteiger partial charge in [0.1, 0.15) is 5.75 Å². The minimum Gasteiger partial charge on any atom is -0.506 e. The number of phenols is 1. The minimum atomic E-state index is -0.449. The number of anilines is 1. The fourth-order valence-electron chi connectivity index (χ4n) is 2.54. The zero-order valence-electron chi connectivity index (χ0n) is 16.8. The first kappa shape index (κ1) is 21.1. The van der Waals surface area contributed by atoms with E-state index in [4.69, 9.17) is 9.47 Å². The van der Waals surface area contributed by atoms with Crippen molar-refractivity contribution in [2.24, 2.45) is 0 Å². The highest BCUT2D eigenvalue weighted by Gasteiger charge is 2.17. The van der Waals surface area contributed by atoms with Gasteiger partial charge in [0.25, 0.3) is 5.91 Å². The van der Waals surface area contributed by atoms with Gasteiger partial charge in [-0.1, -0.05) is 26.8 Å². The van der Waals surface area contributed by atoms with Crippen LogP contribution in [0.5, 0.6) is 17.2 Å². The zero-order chi connectivity index (χ0) is 20.9. The second-order valence-corrected chi connectivity index (χ2v) is 7.28. The molecule has 0 fully saturated rings. The number of hydrogen-bond acceptors (Lipinski definition) is 5. The van der Waals surface area contributed by atoms with Crippen molar-refractivity contribution in [2.75, 3.05) is 26.1 Å². The molecule has 2 aromatic carbocycles. The topological polar surface area (TPSA) is 96.9 Å². The molecule has 28 heavy (non-hydrogen) atoms. The number of methoxy groups -OCH3 is 2. The highest BCUT2D eigenvalue weighted by atomic mass is 16.5. The number of amides is 2. The van der Waals surface area contributed by atoms with Crippen molar-refractivity contribution >= 4 is 17.5 Å². The molecule has 2 amide bonds. The van der Waals surface area contributed by atoms with E-state index in [1.807, 2.05) is 26.8 Å². The molecule has 0 spiro atoms. The smallest absolute Gasteiger partial charge is 0.251 e. The van der Waals surface area contributed by atoms with Crippen LogP contribution in [0.3, 0.4) is 0 Å². The Labute approximate surface area is 164 Å². The van der Waals surface area contributed by atoms with E-state index in [1.165, 1.54) is 20.3 Å². The largest absolute Gasteiger partial charge is 0.506 e. The molecule has 0 aliphatic rings. The Morgan fingerprint density at radius 2 is 1.68 bits per heavy atom. The summed E-state index contributed by atoms with van der Waals surface area (Å²) < 4.78 is 10.3. The Balaban J connectivity index is 2.02. The third-order valence-corrected chi connectivity index (χ3v) is 4.19. The van der Waals surface area contributed by atoms with Gasteiger partial charge in [0.05, 0.1) is 26.5 Å². The first-order valence-corrected chi connectivity index (χ1v) is 8.79. The summed E-state index contributed by atoms with van der Waals surface area (Å²) in [4.78, 5) is 24.5. The highest BCUT2D eigenvalue weighted by molar-refractivity contribution is 6.00. The maximum atomic E-state index is 12.3. The van der Waals surface area contributed by atoms with E-state index >= 15 is 0 Å². The average Bonchev–Trinajstić information content (AvgIpc) is 2.66. The molecule has 0 unspecified atom stereocenters. The van der Waals surface area contributed by atoms with Gasteiger partial charge in [-0.05, 0) is 41.3 Å². The minimum absolute atomic E-state index is 0.0347. The van der Waals surface area contributed by atoms with Gasteiger partial charge < -0.3 is 25.2 Å². The van der Waals surface area contributed by atoms with Crippen LogP contribution in [0.1, 0.15) is 36.7 Å². The van der Waals surface area contributed by atoms with Gasteiger partial charge in [-0.15, -0.1) is 0 Å². The first-order chi connectivity index (χ1) is 13.2. The summed E-state index contributed by atoms with van der Waals surface area (Å²) in [7, 11) is 2.98. The second kappa shape index (κ2) is 8.65. The lowest BCUT2D eigenvalue weighted by Gasteiger charge is -2.20. The molecule has 7 nitrogen and oxygen atoms in total. The monoisotopic (exact) mass is 386 g/mol. The molecule has 2 aromatic rings. The maximum Gasteiger partial charge on any atom is 0.251 e. The number of carbonyl (C=O) groups excluding carboxylic acids is 2. The first-order valence-electron chi connectivity index (χ1n) is 8.79. The van der Waals surface area contributed by atoms with Crippen molar-refractivity contribution in [3.63, 3.8) is 0 Å². The summed E-state index contributed by atoms with van der Waals surface area (Å²) in [5, 5.41) is 15.1. The SMILES string of the molecule is COc1ccc(C(=O)NCC(=O)Nc2cc(C(C)(C)C)ccc2O)cc1OC. The molecule has 2 rings (SSSR count). The molecule has 0 heterocycles. The van der Waals surface area contributed by atoms with E-state index in [0.29, 0.717) is 22.7 Å². The molecule has 0 aliphatic carbocycles. The molecule has 0 saturated heterocycles. The Morgan fingerprint density at radius 1 is 1.00 bits per heavy atom. The van der Waals surface area contributed by atoms with Crippen LogP contribution in [0.2, 0.25) is 0 Å². The van der Waals surface area contributed by atoms with Crippen molar-refractivity contribution in [1.82, 2.24) is 5.32 Å². The molecular weight excluding hydrogens is 360 g/mol. The average molecular weight is 386 g/mol. The Morgan fingerprint density at radius 3 is 2.29 bits per heavy atom. The van der Waals surface area contributed by atoms with Gasteiger partial charge in [0, 0.05) is 5.56 Å². The van der Waals surface area contributed by atoms with Crippen molar-refractivity contribution < 1.29 is 24.2 Å². The fraction of sp³-hybridized carbons (Fsp3) is 0.333. The summed E-state index contributed by atoms with van der Waals surface area (Å²) in [6.07, 6.45) is 0. The van der Waals surface area contributed by atoms with Crippen molar-refractivity contribution in [2.45, 2.75) is 26.2 Å². The van der Waals surface area contributed by atoms with Gasteiger partial charge in [-0.3, -0.25) is 9.59 Å². The molecule has 0 aromatic heterocycles. The lowest BCUT2D eigenvalue weighted by atomic mass is 9.87. The van der Waals surface area contributed by atoms with E-state index in [1.54, 1.807) is 24.3 Å². The van der Waals surface area contributed by atoms with Gasteiger partial charge in [-0.2, -0.15) is 0 Å². The molecular formula is C21H26N2O5. The maximum absolute atomic E-state index is 12.3. The van der Waals surface area contributed by atoms with Crippen LogP contribution in [0, 0.1) is 0 Å². The number of rotatable bonds is 6. The number of hydrogen-bond donors (Lipinski definition) is 3. The zero-order valence-corrected chi connectivity index (χ0v) is 16.8. The number of phenolic OH excluding ortho intramolecular Hbond substituents is 1. The van der Waals surface area contributed by atoms with Crippen LogP contribution in [0.15, 0.2) is 36.4 Å². The number of benzene rings is 2. The van der Waals surface area contributed by atoms with Crippen molar-refractivity contribution in [3.05, 3.63) is 47.5 Å². The Kier molecular flexibility index (Phi) is 6.51. The highest BCUT2D eigenvalue weighted by Crippen LogP contribution is 2.30. The quantitative estimate of drug-likeness (QED) is 0.663. The van der Waals surface area contributed by atoms with Crippen LogP contribution in [0.4, 0.5) is 5.69 Å². The Hall–Kier alpha value is -3.22. The number of carbonyl (C=O) groups is 2. The molecule has 0 radical (unpaired) electrons. The van der Waals surface area contributed by atoms with Crippen molar-refractivity contribution in [3.8, 4) is 17.2 Å². The van der Waals surface area contributed by atoms with Crippen LogP contribution >= 0.6 is 0 Å². The molecule has 0 aliphatic heterocycles. The normalized spacial score (nSPS) is 10.9. The predicted molar refractivity (Wildman–Crippen MR) is 107 cm³/mol. The molecule has 150 valence electrons. The van der Waals surface area contributed by atoms with E-state index in [-0.39, 0.29) is 17.7 Å². The molecule has 0 bridgehead atoms. The third kappa shape index (κ3) is 5.16. The molecule has 0 saturated carbocycles. The molecule has 3 N–H and O–H groups in total. The third-order valence-electron chi connectivity index (χ3n) is 4.19.